The fourth-order valence-corrected chi connectivity index (χ4v) is 2.69. The maximum atomic E-state index is 11.6. The van der Waals surface area contributed by atoms with Crippen LogP contribution in [0.2, 0.25) is 0 Å². The van der Waals surface area contributed by atoms with Gasteiger partial charge in [0.05, 0.1) is 0 Å². The third kappa shape index (κ3) is 1.89. The van der Waals surface area contributed by atoms with Gasteiger partial charge in [0.25, 0.3) is 0 Å². The SMILES string of the molecule is O=C(CCCl)N1CCC2(CCNC2)C1. The van der Waals surface area contributed by atoms with Crippen LogP contribution in [0.5, 0.6) is 0 Å². The third-order valence-corrected chi connectivity index (χ3v) is 3.62. The first-order chi connectivity index (χ1) is 6.76. The van der Waals surface area contributed by atoms with Crippen LogP contribution < -0.4 is 5.32 Å². The molecule has 1 unspecified atom stereocenters. The standard InChI is InChI=1S/C10H17ClN2O/c11-4-1-9(14)13-6-3-10(8-13)2-5-12-7-10/h12H,1-8H2. The van der Waals surface area contributed by atoms with E-state index in [1.807, 2.05) is 4.90 Å². The second-order valence-corrected chi connectivity index (χ2v) is 4.81. The lowest BCUT2D eigenvalue weighted by Gasteiger charge is -2.22. The molecule has 0 aromatic heterocycles. The maximum Gasteiger partial charge on any atom is 0.223 e. The van der Waals surface area contributed by atoms with E-state index in [1.54, 1.807) is 0 Å². The van der Waals surface area contributed by atoms with Crippen LogP contribution in [0.15, 0.2) is 0 Å². The molecule has 0 saturated carbocycles. The summed E-state index contributed by atoms with van der Waals surface area (Å²) in [6, 6.07) is 0. The molecule has 2 heterocycles. The Bertz CT molecular complexity index is 226. The molecule has 0 bridgehead atoms. The zero-order valence-electron chi connectivity index (χ0n) is 8.39. The van der Waals surface area contributed by atoms with E-state index in [1.165, 1.54) is 6.42 Å². The van der Waals surface area contributed by atoms with Gasteiger partial charge in [-0.05, 0) is 19.4 Å². The Hall–Kier alpha value is -0.280. The number of nitrogens with one attached hydrogen (secondary N) is 1. The van der Waals surface area contributed by atoms with Crippen molar-refractivity contribution in [3.63, 3.8) is 0 Å². The van der Waals surface area contributed by atoms with Crippen LogP contribution in [0.1, 0.15) is 19.3 Å². The molecule has 0 aromatic rings. The predicted octanol–water partition coefficient (Wildman–Crippen LogP) is 0.827. The van der Waals surface area contributed by atoms with Crippen LogP contribution in [0.3, 0.4) is 0 Å². The quantitative estimate of drug-likeness (QED) is 0.694. The van der Waals surface area contributed by atoms with Gasteiger partial charge in [-0.15, -0.1) is 11.6 Å². The predicted molar refractivity (Wildman–Crippen MR) is 56.5 cm³/mol. The fraction of sp³-hybridized carbons (Fsp3) is 0.900. The van der Waals surface area contributed by atoms with Gasteiger partial charge in [0.1, 0.15) is 0 Å². The summed E-state index contributed by atoms with van der Waals surface area (Å²) in [6.07, 6.45) is 2.87. The molecular formula is C10H17ClN2O. The number of carbonyl (C=O) groups is 1. The highest BCUT2D eigenvalue weighted by Crippen LogP contribution is 2.36. The van der Waals surface area contributed by atoms with Crippen molar-refractivity contribution in [2.45, 2.75) is 19.3 Å². The molecule has 3 nitrogen and oxygen atoms in total. The fourth-order valence-electron chi connectivity index (χ4n) is 2.53. The molecule has 80 valence electrons. The molecule has 1 atom stereocenters. The van der Waals surface area contributed by atoms with Crippen LogP contribution in [-0.4, -0.2) is 42.9 Å². The molecule has 2 rings (SSSR count). The number of nitrogens with zero attached hydrogens (tertiary/aromatic N) is 1. The third-order valence-electron chi connectivity index (χ3n) is 3.43. The van der Waals surface area contributed by atoms with Crippen molar-refractivity contribution < 1.29 is 4.79 Å². The summed E-state index contributed by atoms with van der Waals surface area (Å²) in [7, 11) is 0. The average molecular weight is 217 g/mol. The molecule has 1 amide bonds. The van der Waals surface area contributed by atoms with Gasteiger partial charge in [0.15, 0.2) is 0 Å². The van der Waals surface area contributed by atoms with Crippen molar-refractivity contribution in [3.05, 3.63) is 0 Å². The van der Waals surface area contributed by atoms with Crippen molar-refractivity contribution in [3.8, 4) is 0 Å². The van der Waals surface area contributed by atoms with E-state index < -0.39 is 0 Å². The monoisotopic (exact) mass is 216 g/mol. The van der Waals surface area contributed by atoms with Crippen molar-refractivity contribution in [2.75, 3.05) is 32.1 Å². The van der Waals surface area contributed by atoms with E-state index >= 15 is 0 Å². The van der Waals surface area contributed by atoms with Crippen LogP contribution in [0, 0.1) is 5.41 Å². The minimum atomic E-state index is 0.226. The number of alkyl halides is 1. The Morgan fingerprint density at radius 3 is 3.00 bits per heavy atom. The van der Waals surface area contributed by atoms with Crippen molar-refractivity contribution in [1.82, 2.24) is 10.2 Å². The molecule has 0 aromatic carbocycles. The zero-order valence-corrected chi connectivity index (χ0v) is 9.15. The molecule has 1 spiro atoms. The molecule has 4 heteroatoms. The maximum absolute atomic E-state index is 11.6. The number of rotatable bonds is 2. The number of carbonyl (C=O) groups excluding carboxylic acids is 1. The second-order valence-electron chi connectivity index (χ2n) is 4.43. The Morgan fingerprint density at radius 2 is 2.36 bits per heavy atom. The summed E-state index contributed by atoms with van der Waals surface area (Å²) in [4.78, 5) is 13.6. The number of amides is 1. The summed E-state index contributed by atoms with van der Waals surface area (Å²) < 4.78 is 0. The highest BCUT2D eigenvalue weighted by Gasteiger charge is 2.41. The number of hydrogen-bond donors (Lipinski definition) is 1. The molecular weight excluding hydrogens is 200 g/mol. The minimum Gasteiger partial charge on any atom is -0.342 e. The van der Waals surface area contributed by atoms with Crippen LogP contribution in [0.25, 0.3) is 0 Å². The summed E-state index contributed by atoms with van der Waals surface area (Å²) in [5.74, 6) is 0.671. The smallest absolute Gasteiger partial charge is 0.223 e. The Balaban J connectivity index is 1.90. The molecule has 1 N–H and O–H groups in total. The Kier molecular flexibility index (Phi) is 2.98. The van der Waals surface area contributed by atoms with Gasteiger partial charge in [-0.1, -0.05) is 0 Å². The lowest BCUT2D eigenvalue weighted by molar-refractivity contribution is -0.130. The molecule has 2 saturated heterocycles. The van der Waals surface area contributed by atoms with Gasteiger partial charge < -0.3 is 10.2 Å². The van der Waals surface area contributed by atoms with Gasteiger partial charge in [-0.2, -0.15) is 0 Å². The van der Waals surface area contributed by atoms with E-state index in [0.717, 1.165) is 32.6 Å². The molecule has 0 aliphatic carbocycles. The number of likely N-dealkylation sites (tertiary alicyclic amines) is 1. The van der Waals surface area contributed by atoms with Gasteiger partial charge in [0, 0.05) is 37.4 Å². The summed E-state index contributed by atoms with van der Waals surface area (Å²) in [5, 5.41) is 3.38. The van der Waals surface area contributed by atoms with Crippen LogP contribution in [0.4, 0.5) is 0 Å². The number of halogens is 1. The van der Waals surface area contributed by atoms with Gasteiger partial charge >= 0.3 is 0 Å². The van der Waals surface area contributed by atoms with Crippen molar-refractivity contribution in [2.24, 2.45) is 5.41 Å². The molecule has 14 heavy (non-hydrogen) atoms. The molecule has 2 fully saturated rings. The van der Waals surface area contributed by atoms with E-state index in [9.17, 15) is 4.79 Å². The van der Waals surface area contributed by atoms with Gasteiger partial charge in [-0.3, -0.25) is 4.79 Å². The van der Waals surface area contributed by atoms with E-state index in [2.05, 4.69) is 5.32 Å². The second kappa shape index (κ2) is 4.07. The zero-order chi connectivity index (χ0) is 10.0. The van der Waals surface area contributed by atoms with Gasteiger partial charge in [-0.25, -0.2) is 0 Å². The number of hydrogen-bond acceptors (Lipinski definition) is 2. The van der Waals surface area contributed by atoms with E-state index in [4.69, 9.17) is 11.6 Å². The van der Waals surface area contributed by atoms with E-state index in [-0.39, 0.29) is 5.91 Å². The lowest BCUT2D eigenvalue weighted by atomic mass is 9.87. The summed E-state index contributed by atoms with van der Waals surface area (Å²) in [6.45, 7) is 4.06. The highest BCUT2D eigenvalue weighted by molar-refractivity contribution is 6.18. The first-order valence-corrected chi connectivity index (χ1v) is 5.84. The van der Waals surface area contributed by atoms with Crippen LogP contribution in [-0.2, 0) is 4.79 Å². The van der Waals surface area contributed by atoms with Crippen molar-refractivity contribution >= 4 is 17.5 Å². The van der Waals surface area contributed by atoms with Crippen molar-refractivity contribution in [1.29, 1.82) is 0 Å². The normalized spacial score (nSPS) is 31.6. The minimum absolute atomic E-state index is 0.226. The molecule has 2 aliphatic heterocycles. The summed E-state index contributed by atoms with van der Waals surface area (Å²) >= 11 is 5.57. The first-order valence-electron chi connectivity index (χ1n) is 5.30. The Morgan fingerprint density at radius 1 is 1.50 bits per heavy atom. The Labute approximate surface area is 89.8 Å². The summed E-state index contributed by atoms with van der Waals surface area (Å²) in [5.41, 5.74) is 0.391. The van der Waals surface area contributed by atoms with Crippen LogP contribution >= 0.6 is 11.6 Å². The lowest BCUT2D eigenvalue weighted by Crippen LogP contribution is -2.33. The van der Waals surface area contributed by atoms with Gasteiger partial charge in [0.2, 0.25) is 5.91 Å². The topological polar surface area (TPSA) is 32.3 Å². The van der Waals surface area contributed by atoms with E-state index in [0.29, 0.717) is 17.7 Å². The molecule has 0 radical (unpaired) electrons. The first kappa shape index (κ1) is 10.2. The molecule has 2 aliphatic rings. The average Bonchev–Trinajstić information content (AvgIpc) is 2.78. The largest absolute Gasteiger partial charge is 0.342 e. The highest BCUT2D eigenvalue weighted by atomic mass is 35.5.